The lowest BCUT2D eigenvalue weighted by Crippen LogP contribution is -2.40. The van der Waals surface area contributed by atoms with E-state index in [4.69, 9.17) is 0 Å². The third kappa shape index (κ3) is 2.39. The predicted molar refractivity (Wildman–Crippen MR) is 38.7 cm³/mol. The molecule has 0 saturated heterocycles. The minimum atomic E-state index is -1.58. The van der Waals surface area contributed by atoms with Gasteiger partial charge in [-0.25, -0.2) is 0 Å². The summed E-state index contributed by atoms with van der Waals surface area (Å²) in [6.45, 7) is 1.60. The molecule has 0 aromatic carbocycles. The van der Waals surface area contributed by atoms with E-state index in [1.807, 2.05) is 12.5 Å². The Morgan fingerprint density at radius 2 is 1.80 bits per heavy atom. The van der Waals surface area contributed by atoms with Crippen molar-refractivity contribution >= 4 is 22.6 Å². The van der Waals surface area contributed by atoms with Crippen molar-refractivity contribution in [3.63, 3.8) is 0 Å². The van der Waals surface area contributed by atoms with Gasteiger partial charge in [-0.2, -0.15) is 0 Å². The molecule has 3 nitrogen and oxygen atoms in total. The quantitative estimate of drug-likeness (QED) is 0.378. The number of hydrogen-bond donors (Lipinski definition) is 0. The van der Waals surface area contributed by atoms with Crippen molar-refractivity contribution < 1.29 is 14.7 Å². The lowest BCUT2D eigenvalue weighted by molar-refractivity contribution is -0.299. The minimum absolute atomic E-state index is 0.181. The third-order valence-electron chi connectivity index (χ3n) is 1.28. The first-order valence-electron chi connectivity index (χ1n) is 2.78. The lowest BCUT2D eigenvalue weighted by Gasteiger charge is -2.06. The smallest absolute Gasteiger partial charge is 0.229 e. The van der Waals surface area contributed by atoms with Crippen molar-refractivity contribution in [2.45, 2.75) is 12.2 Å². The number of hydrogen-bond acceptors (Lipinski definition) is 3. The number of carbonyl (C=O) groups excluding carboxylic acids is 2. The Hall–Kier alpha value is -0.510. The summed E-state index contributed by atoms with van der Waals surface area (Å²) in [5.74, 6) is -2.37. The molecule has 0 aromatic rings. The molecule has 58 valence electrons. The zero-order valence-electron chi connectivity index (χ0n) is 6.21. The average Bonchev–Trinajstić information content (AvgIpc) is 1.84. The molecule has 10 heavy (non-hydrogen) atoms. The van der Waals surface area contributed by atoms with E-state index in [1.54, 1.807) is 6.92 Å². The van der Waals surface area contributed by atoms with Gasteiger partial charge < -0.3 is 9.90 Å². The molecule has 0 saturated carbocycles. The van der Waals surface area contributed by atoms with E-state index in [9.17, 15) is 14.7 Å². The third-order valence-corrected chi connectivity index (χ3v) is 2.91. The van der Waals surface area contributed by atoms with Crippen molar-refractivity contribution in [1.82, 2.24) is 0 Å². The normalized spacial score (nSPS) is 13.2. The highest BCUT2D eigenvalue weighted by Gasteiger charge is 2.24. The first-order valence-corrected chi connectivity index (χ1v) is 4.88. The molecular weight excluding hydrogens is 152 g/mol. The Balaban J connectivity index is 4.08. The van der Waals surface area contributed by atoms with E-state index >= 15 is 0 Å². The van der Waals surface area contributed by atoms with Crippen LogP contribution in [0.25, 0.3) is 0 Å². The number of carbonyl (C=O) groups is 2. The second-order valence-corrected chi connectivity index (χ2v) is 4.64. The van der Waals surface area contributed by atoms with Crippen LogP contribution < -0.4 is 5.11 Å². The predicted octanol–water partition coefficient (Wildman–Crippen LogP) is -1.43. The maximum Gasteiger partial charge on any atom is 0.229 e. The molecular formula is C6H10O3S. The van der Waals surface area contributed by atoms with E-state index in [0.717, 1.165) is 0 Å². The molecule has 1 unspecified atom stereocenters. The van der Waals surface area contributed by atoms with Gasteiger partial charge in [0.1, 0.15) is 5.97 Å². The Morgan fingerprint density at radius 3 is 1.90 bits per heavy atom. The molecule has 0 N–H and O–H groups in total. The van der Waals surface area contributed by atoms with Gasteiger partial charge in [0, 0.05) is 0 Å². The highest BCUT2D eigenvalue weighted by atomic mass is 32.2. The molecule has 0 aliphatic carbocycles. The van der Waals surface area contributed by atoms with Crippen molar-refractivity contribution in [1.29, 1.82) is 0 Å². The van der Waals surface area contributed by atoms with E-state index in [0.29, 0.717) is 0 Å². The zero-order chi connectivity index (χ0) is 8.31. The van der Waals surface area contributed by atoms with Crippen LogP contribution in [0.15, 0.2) is 0 Å². The summed E-state index contributed by atoms with van der Waals surface area (Å²) in [6.07, 6.45) is 3.65. The fourth-order valence-corrected chi connectivity index (χ4v) is 0.904. The van der Waals surface area contributed by atoms with Gasteiger partial charge in [0.2, 0.25) is 5.78 Å². The fourth-order valence-electron chi connectivity index (χ4n) is 0.380. The second-order valence-electron chi connectivity index (χ2n) is 2.17. The van der Waals surface area contributed by atoms with Crippen molar-refractivity contribution in [2.75, 3.05) is 12.5 Å². The maximum absolute atomic E-state index is 10.6. The second kappa shape index (κ2) is 3.61. The molecule has 1 atom stereocenters. The van der Waals surface area contributed by atoms with Gasteiger partial charge in [-0.15, -0.1) is 0 Å². The molecule has 0 aliphatic rings. The number of carboxylic acid groups (broad SMARTS) is 1. The molecule has 0 fully saturated rings. The molecule has 0 spiro atoms. The van der Waals surface area contributed by atoms with Crippen LogP contribution in [0, 0.1) is 0 Å². The van der Waals surface area contributed by atoms with Crippen LogP contribution in [-0.4, -0.2) is 29.5 Å². The summed E-state index contributed by atoms with van der Waals surface area (Å²) >= 11 is 0. The molecule has 0 aliphatic heterocycles. The van der Waals surface area contributed by atoms with Gasteiger partial charge in [-0.1, -0.05) is 0 Å². The van der Waals surface area contributed by atoms with Crippen LogP contribution in [0.5, 0.6) is 0 Å². The standard InChI is InChI=1S/C6H10O3S/c1-4(10(2)3)5(7)6(8)9/h4H,1-3H3. The summed E-state index contributed by atoms with van der Waals surface area (Å²) in [5.41, 5.74) is 0. The van der Waals surface area contributed by atoms with Crippen LogP contribution in [0.4, 0.5) is 0 Å². The first kappa shape index (κ1) is 9.49. The lowest BCUT2D eigenvalue weighted by atomic mass is 10.3. The number of ketones is 1. The average molecular weight is 162 g/mol. The van der Waals surface area contributed by atoms with Gasteiger partial charge >= 0.3 is 0 Å². The van der Waals surface area contributed by atoms with Crippen LogP contribution >= 0.6 is 0 Å². The Bertz CT molecular complexity index is 153. The topological polar surface area (TPSA) is 57.2 Å². The highest BCUT2D eigenvalue weighted by molar-refractivity contribution is 7.96. The van der Waals surface area contributed by atoms with Crippen molar-refractivity contribution in [2.24, 2.45) is 0 Å². The monoisotopic (exact) mass is 162 g/mol. The number of rotatable bonds is 3. The van der Waals surface area contributed by atoms with Crippen LogP contribution in [0.1, 0.15) is 6.92 Å². The Morgan fingerprint density at radius 1 is 1.40 bits per heavy atom. The van der Waals surface area contributed by atoms with Crippen LogP contribution in [-0.2, 0) is 20.5 Å². The largest absolute Gasteiger partial charge is 0.542 e. The Labute approximate surface area is 62.8 Å². The molecule has 0 rings (SSSR count). The highest BCUT2D eigenvalue weighted by Crippen LogP contribution is 1.98. The summed E-state index contributed by atoms with van der Waals surface area (Å²) in [6, 6.07) is 0. The first-order chi connectivity index (χ1) is 4.46. The van der Waals surface area contributed by atoms with Crippen molar-refractivity contribution in [3.8, 4) is 0 Å². The van der Waals surface area contributed by atoms with E-state index in [2.05, 4.69) is 0 Å². The summed E-state index contributed by atoms with van der Waals surface area (Å²) in [5, 5.41) is 9.58. The molecule has 0 heterocycles. The van der Waals surface area contributed by atoms with Crippen molar-refractivity contribution in [3.05, 3.63) is 0 Å². The number of carboxylic acids is 1. The number of Topliss-reactive ketones (excluding diaryl/α,β-unsaturated/α-hetero) is 1. The molecule has 0 amide bonds. The zero-order valence-corrected chi connectivity index (χ0v) is 7.03. The summed E-state index contributed by atoms with van der Waals surface area (Å²) in [7, 11) is -0.181. The van der Waals surface area contributed by atoms with Gasteiger partial charge in [-0.05, 0) is 17.8 Å². The SMILES string of the molecule is CC(C(=O)C(=O)[O-])[S+](C)C. The van der Waals surface area contributed by atoms with Gasteiger partial charge in [0.05, 0.1) is 12.5 Å². The van der Waals surface area contributed by atoms with E-state index in [1.165, 1.54) is 0 Å². The van der Waals surface area contributed by atoms with Gasteiger partial charge in [0.25, 0.3) is 0 Å². The van der Waals surface area contributed by atoms with Gasteiger partial charge in [0.15, 0.2) is 5.25 Å². The summed E-state index contributed by atoms with van der Waals surface area (Å²) in [4.78, 5) is 20.6. The van der Waals surface area contributed by atoms with Crippen LogP contribution in [0.3, 0.4) is 0 Å². The molecule has 0 aromatic heterocycles. The molecule has 4 heteroatoms. The number of aliphatic carboxylic acids is 1. The minimum Gasteiger partial charge on any atom is -0.542 e. The van der Waals surface area contributed by atoms with Crippen LogP contribution in [0.2, 0.25) is 0 Å². The Kier molecular flexibility index (Phi) is 3.42. The molecule has 0 radical (unpaired) electrons. The molecule has 0 bridgehead atoms. The van der Waals surface area contributed by atoms with E-state index in [-0.39, 0.29) is 10.9 Å². The maximum atomic E-state index is 10.6. The summed E-state index contributed by atoms with van der Waals surface area (Å²) < 4.78 is 0. The fraction of sp³-hybridized carbons (Fsp3) is 0.667. The van der Waals surface area contributed by atoms with Gasteiger partial charge in [-0.3, -0.25) is 4.79 Å². The van der Waals surface area contributed by atoms with E-state index < -0.39 is 17.0 Å².